The molecule has 19 rings (SSSR count). The predicted octanol–water partition coefficient (Wildman–Crippen LogP) is 22.4. The molecule has 446 valence electrons. The lowest BCUT2D eigenvalue weighted by molar-refractivity contribution is 0.584. The Morgan fingerprint density at radius 1 is 0.326 bits per heavy atom. The number of aromatic nitrogens is 6. The van der Waals surface area contributed by atoms with Crippen LogP contribution in [0.4, 0.5) is 8.78 Å². The highest BCUT2D eigenvalue weighted by Gasteiger charge is 2.27. The van der Waals surface area contributed by atoms with E-state index in [0.717, 1.165) is 160 Å². The molecule has 0 N–H and O–H groups in total. The number of benzene rings is 13. The fourth-order valence-electron chi connectivity index (χ4n) is 15.7. The first-order chi connectivity index (χ1) is 46.8. The molecule has 0 bridgehead atoms. The van der Waals surface area contributed by atoms with E-state index >= 15 is 8.78 Å². The molecule has 0 unspecified atom stereocenters. The van der Waals surface area contributed by atoms with Crippen LogP contribution < -0.4 is 0 Å². The predicted molar refractivity (Wildman–Crippen MR) is 389 cm³/mol. The van der Waals surface area contributed by atoms with Crippen molar-refractivity contribution in [1.82, 2.24) is 27.4 Å². The summed E-state index contributed by atoms with van der Waals surface area (Å²) >= 11 is 0. The lowest BCUT2D eigenvalue weighted by atomic mass is 9.97. The minimum Gasteiger partial charge on any atom is -0.310 e. The van der Waals surface area contributed by atoms with E-state index in [1.807, 2.05) is 24.3 Å². The summed E-state index contributed by atoms with van der Waals surface area (Å²) in [7, 11) is 0. The maximum Gasteiger partial charge on any atom is 0.126 e. The van der Waals surface area contributed by atoms with Crippen molar-refractivity contribution in [3.8, 4) is 51.3 Å². The van der Waals surface area contributed by atoms with Gasteiger partial charge in [-0.2, -0.15) is 5.26 Å². The minimum atomic E-state index is -0.743. The number of aryl methyl sites for hydroxylation is 1. The molecule has 13 aromatic carbocycles. The first kappa shape index (κ1) is 54.0. The van der Waals surface area contributed by atoms with Crippen LogP contribution in [0.2, 0.25) is 0 Å². The second-order valence-corrected chi connectivity index (χ2v) is 24.7. The van der Waals surface area contributed by atoms with Crippen LogP contribution in [0.3, 0.4) is 0 Å². The van der Waals surface area contributed by atoms with Crippen molar-refractivity contribution in [3.63, 3.8) is 0 Å². The second kappa shape index (κ2) is 20.6. The number of nitriles is 1. The van der Waals surface area contributed by atoms with Crippen molar-refractivity contribution in [2.24, 2.45) is 0 Å². The van der Waals surface area contributed by atoms with E-state index in [1.165, 1.54) is 12.1 Å². The number of rotatable bonds is 9. The number of para-hydroxylation sites is 7. The molecule has 0 saturated heterocycles. The van der Waals surface area contributed by atoms with E-state index in [-0.39, 0.29) is 11.1 Å². The largest absolute Gasteiger partial charge is 0.310 e. The zero-order chi connectivity index (χ0) is 63.3. The molecular formula is C86H53F2N7. The molecule has 0 aliphatic carbocycles. The SMILES string of the molecule is C=C/C=C\c1c(C)c2ccccc2n1-c1ccc2c(c1)c1cc(-n3c4ccccc4c4ccccc43)ccc1n2-c1cc(-c2cc(F)cc(F)c2)c(C#N)cc1-n1c2ccc(-n3c4ccccc4c4ccccc43)cc2c2cc(-n3c4ccccc4c4ccccc43)ccc21. The van der Waals surface area contributed by atoms with Crippen LogP contribution in [-0.2, 0) is 0 Å². The normalized spacial score (nSPS) is 12.1. The van der Waals surface area contributed by atoms with E-state index < -0.39 is 11.6 Å². The van der Waals surface area contributed by atoms with Gasteiger partial charge < -0.3 is 27.4 Å². The fraction of sp³-hybridized carbons (Fsp3) is 0.0116. The Bertz CT molecular complexity index is 6270. The zero-order valence-electron chi connectivity index (χ0n) is 51.3. The van der Waals surface area contributed by atoms with Crippen LogP contribution in [0, 0.1) is 29.9 Å². The molecule has 0 spiro atoms. The van der Waals surface area contributed by atoms with Crippen molar-refractivity contribution < 1.29 is 8.78 Å². The summed E-state index contributed by atoms with van der Waals surface area (Å²) < 4.78 is 45.5. The van der Waals surface area contributed by atoms with Gasteiger partial charge in [-0.25, -0.2) is 8.78 Å². The highest BCUT2D eigenvalue weighted by Crippen LogP contribution is 2.46. The highest BCUT2D eigenvalue weighted by atomic mass is 19.1. The number of fused-ring (bicyclic) bond motifs is 16. The van der Waals surface area contributed by atoms with Gasteiger partial charge in [0.15, 0.2) is 0 Å². The minimum absolute atomic E-state index is 0.243. The molecule has 0 atom stereocenters. The molecule has 9 heteroatoms. The van der Waals surface area contributed by atoms with Gasteiger partial charge in [0, 0.05) is 99.3 Å². The van der Waals surface area contributed by atoms with Gasteiger partial charge in [-0.05, 0) is 164 Å². The molecule has 6 heterocycles. The van der Waals surface area contributed by atoms with Gasteiger partial charge in [-0.1, -0.05) is 146 Å². The lowest BCUT2D eigenvalue weighted by Gasteiger charge is -2.20. The quantitative estimate of drug-likeness (QED) is 0.133. The third-order valence-electron chi connectivity index (χ3n) is 19.7. The van der Waals surface area contributed by atoms with E-state index in [9.17, 15) is 5.26 Å². The summed E-state index contributed by atoms with van der Waals surface area (Å²) in [5, 5.41) is 23.6. The van der Waals surface area contributed by atoms with Crippen molar-refractivity contribution >= 4 is 126 Å². The summed E-state index contributed by atoms with van der Waals surface area (Å²) in [6.07, 6.45) is 5.92. The maximum absolute atomic E-state index is 15.8. The topological polar surface area (TPSA) is 53.4 Å². The Hall–Kier alpha value is -12.8. The first-order valence-corrected chi connectivity index (χ1v) is 31.9. The Morgan fingerprint density at radius 3 is 0.979 bits per heavy atom. The second-order valence-electron chi connectivity index (χ2n) is 24.7. The molecular weight excluding hydrogens is 1170 g/mol. The molecule has 19 aromatic rings. The Labute approximate surface area is 542 Å². The van der Waals surface area contributed by atoms with Gasteiger partial charge in [0.1, 0.15) is 11.6 Å². The highest BCUT2D eigenvalue weighted by molar-refractivity contribution is 6.17. The van der Waals surface area contributed by atoms with E-state index in [4.69, 9.17) is 0 Å². The molecule has 0 fully saturated rings. The number of hydrogen-bond acceptors (Lipinski definition) is 1. The van der Waals surface area contributed by atoms with Gasteiger partial charge in [-0.15, -0.1) is 0 Å². The standard InChI is InChI=1S/C86H53F2N7/c1-3-4-26-73-52(2)61-19-5-12-27-74(61)90(73)57-34-38-83-69(46-57)72-49-60(93-79-32-17-10-24-66(79)67-25-11-18-33-80(67)93)37-41-84(72)95(83)86-50-68(53-42-55(87)45-56(88)43-53)54(51-89)44-85(86)94-81-39-35-58(91-75-28-13-6-20-62(75)63-21-7-14-29-76(63)91)47-70(81)71-48-59(36-40-82(71)94)92-77-30-15-8-22-64(77)65-23-9-16-31-78(65)92/h3-50H,1H2,2H3/b26-4-. The summed E-state index contributed by atoms with van der Waals surface area (Å²) in [6, 6.07) is 96.6. The van der Waals surface area contributed by atoms with Gasteiger partial charge >= 0.3 is 0 Å². The van der Waals surface area contributed by atoms with Crippen LogP contribution in [-0.4, -0.2) is 27.4 Å². The third-order valence-corrected chi connectivity index (χ3v) is 19.7. The lowest BCUT2D eigenvalue weighted by Crippen LogP contribution is -2.06. The van der Waals surface area contributed by atoms with E-state index in [0.29, 0.717) is 16.9 Å². The molecule has 6 aromatic heterocycles. The number of hydrogen-bond donors (Lipinski definition) is 0. The molecule has 0 saturated carbocycles. The fourth-order valence-corrected chi connectivity index (χ4v) is 15.7. The van der Waals surface area contributed by atoms with Crippen LogP contribution in [0.1, 0.15) is 16.8 Å². The van der Waals surface area contributed by atoms with Crippen molar-refractivity contribution in [2.45, 2.75) is 6.92 Å². The molecule has 0 radical (unpaired) electrons. The van der Waals surface area contributed by atoms with Crippen molar-refractivity contribution in [1.29, 1.82) is 5.26 Å². The Kier molecular flexibility index (Phi) is 11.7. The van der Waals surface area contributed by atoms with E-state index in [2.05, 4.69) is 296 Å². The average Bonchev–Trinajstić information content (AvgIpc) is 1.57. The third kappa shape index (κ3) is 7.89. The van der Waals surface area contributed by atoms with Gasteiger partial charge in [0.05, 0.1) is 83.7 Å². The van der Waals surface area contributed by atoms with Crippen LogP contribution in [0.15, 0.2) is 292 Å². The molecule has 0 amide bonds. The smallest absolute Gasteiger partial charge is 0.126 e. The Balaban J connectivity index is 0.946. The van der Waals surface area contributed by atoms with Crippen LogP contribution in [0.25, 0.3) is 171 Å². The first-order valence-electron chi connectivity index (χ1n) is 31.9. The van der Waals surface area contributed by atoms with Gasteiger partial charge in [0.25, 0.3) is 0 Å². The van der Waals surface area contributed by atoms with Crippen LogP contribution >= 0.6 is 0 Å². The monoisotopic (exact) mass is 1220 g/mol. The number of allylic oxidation sites excluding steroid dienone is 2. The molecule has 95 heavy (non-hydrogen) atoms. The number of nitrogens with zero attached hydrogens (tertiary/aromatic N) is 7. The van der Waals surface area contributed by atoms with Crippen molar-refractivity contribution in [2.75, 3.05) is 0 Å². The summed E-state index contributed by atoms with van der Waals surface area (Å²) in [5.74, 6) is -1.49. The summed E-state index contributed by atoms with van der Waals surface area (Å²) in [4.78, 5) is 0. The molecule has 7 nitrogen and oxygen atoms in total. The zero-order valence-corrected chi connectivity index (χ0v) is 51.3. The maximum atomic E-state index is 15.8. The van der Waals surface area contributed by atoms with Crippen molar-refractivity contribution in [3.05, 3.63) is 320 Å². The van der Waals surface area contributed by atoms with Gasteiger partial charge in [0.2, 0.25) is 0 Å². The number of halogens is 2. The molecule has 0 aliphatic heterocycles. The molecule has 0 aliphatic rings. The summed E-state index contributed by atoms with van der Waals surface area (Å²) in [6.45, 7) is 6.22. The summed E-state index contributed by atoms with van der Waals surface area (Å²) in [5.41, 5.74) is 19.5. The van der Waals surface area contributed by atoms with Crippen LogP contribution in [0.5, 0.6) is 0 Å². The van der Waals surface area contributed by atoms with E-state index in [1.54, 1.807) is 0 Å². The average molecular weight is 1220 g/mol. The Morgan fingerprint density at radius 2 is 0.632 bits per heavy atom. The van der Waals surface area contributed by atoms with Gasteiger partial charge in [-0.3, -0.25) is 0 Å².